The van der Waals surface area contributed by atoms with Gasteiger partial charge in [-0.15, -0.1) is 0 Å². The first kappa shape index (κ1) is 20.3. The number of hydrogen-bond donors (Lipinski definition) is 1. The average Bonchev–Trinajstić information content (AvgIpc) is 3.23. The molecule has 4 nitrogen and oxygen atoms in total. The molecular weight excluding hydrogens is 441 g/mol. The van der Waals surface area contributed by atoms with Gasteiger partial charge >= 0.3 is 0 Å². The largest absolute Gasteiger partial charge is 0.313 e. The number of aromatic nitrogens is 1. The Balaban J connectivity index is 2.03. The fraction of sp³-hybridized carbons (Fsp3) is 0.200. The maximum Gasteiger partial charge on any atom is 0.269 e. The lowest BCUT2D eigenvalue weighted by Gasteiger charge is -2.15. The summed E-state index contributed by atoms with van der Waals surface area (Å²) in [6, 6.07) is 7.15. The molecule has 0 radical (unpaired) electrons. The summed E-state index contributed by atoms with van der Waals surface area (Å²) in [4.78, 5) is -0.190. The first-order valence-corrected chi connectivity index (χ1v) is 11.0. The average molecular weight is 457 g/mol. The van der Waals surface area contributed by atoms with E-state index in [-0.39, 0.29) is 32.2 Å². The van der Waals surface area contributed by atoms with Gasteiger partial charge in [-0.25, -0.2) is 21.2 Å². The highest BCUT2D eigenvalue weighted by Gasteiger charge is 2.34. The second-order valence-corrected chi connectivity index (χ2v) is 9.42. The van der Waals surface area contributed by atoms with Gasteiger partial charge in [0.15, 0.2) is 0 Å². The van der Waals surface area contributed by atoms with Gasteiger partial charge in [0.05, 0.1) is 10.7 Å². The molecule has 2 aromatic carbocycles. The lowest BCUT2D eigenvalue weighted by atomic mass is 10.1. The van der Waals surface area contributed by atoms with Crippen LogP contribution >= 0.6 is 23.2 Å². The van der Waals surface area contributed by atoms with Crippen molar-refractivity contribution in [1.82, 2.24) is 9.29 Å². The van der Waals surface area contributed by atoms with Crippen molar-refractivity contribution >= 4 is 33.2 Å². The molecule has 4 rings (SSSR count). The van der Waals surface area contributed by atoms with Crippen molar-refractivity contribution in [2.75, 3.05) is 7.05 Å². The van der Waals surface area contributed by atoms with Crippen molar-refractivity contribution in [3.8, 4) is 11.3 Å². The number of hydrogen-bond acceptors (Lipinski definition) is 3. The van der Waals surface area contributed by atoms with Gasteiger partial charge in [0, 0.05) is 28.9 Å². The van der Waals surface area contributed by atoms with E-state index in [9.17, 15) is 17.2 Å². The minimum absolute atomic E-state index is 0.000968. The monoisotopic (exact) mass is 456 g/mol. The zero-order valence-corrected chi connectivity index (χ0v) is 17.5. The van der Waals surface area contributed by atoms with Crippen LogP contribution in [0.2, 0.25) is 10.0 Å². The molecule has 0 saturated heterocycles. The molecule has 152 valence electrons. The van der Waals surface area contributed by atoms with E-state index in [0.29, 0.717) is 12.0 Å². The van der Waals surface area contributed by atoms with Gasteiger partial charge in [0.2, 0.25) is 0 Å². The Morgan fingerprint density at radius 2 is 1.90 bits per heavy atom. The summed E-state index contributed by atoms with van der Waals surface area (Å²) >= 11 is 12.1. The zero-order chi connectivity index (χ0) is 20.9. The number of nitrogens with zero attached hydrogens (tertiary/aromatic N) is 1. The minimum atomic E-state index is -4.20. The van der Waals surface area contributed by atoms with Crippen LogP contribution in [-0.2, 0) is 16.4 Å². The van der Waals surface area contributed by atoms with Crippen LogP contribution < -0.4 is 5.32 Å². The maximum absolute atomic E-state index is 14.7. The summed E-state index contributed by atoms with van der Waals surface area (Å²) in [7, 11) is -2.42. The molecule has 9 heteroatoms. The van der Waals surface area contributed by atoms with Crippen LogP contribution in [0.25, 0.3) is 11.3 Å². The highest BCUT2D eigenvalue weighted by molar-refractivity contribution is 7.90. The number of rotatable bonds is 4. The molecular formula is C20H16Cl2F2N2O2S. The van der Waals surface area contributed by atoms with Crippen LogP contribution in [0.4, 0.5) is 8.78 Å². The standard InChI is InChI=1S/C20H16Cl2F2N2O2S/c1-25-18-7-5-13-15(18)10-26(20(13)14-4-3-12(23)9-17(14)24)29(27,28)19-8-11(21)2-6-16(19)22/h2-4,6,8-10,18,25H,5,7H2,1H3. The van der Waals surface area contributed by atoms with Crippen molar-refractivity contribution < 1.29 is 17.2 Å². The first-order chi connectivity index (χ1) is 13.7. The van der Waals surface area contributed by atoms with Gasteiger partial charge in [-0.05, 0) is 61.3 Å². The molecule has 0 spiro atoms. The summed E-state index contributed by atoms with van der Waals surface area (Å²) < 4.78 is 56.1. The van der Waals surface area contributed by atoms with Crippen molar-refractivity contribution in [2.45, 2.75) is 23.8 Å². The molecule has 29 heavy (non-hydrogen) atoms. The SMILES string of the molecule is CNC1CCc2c1cn(S(=O)(=O)c1cc(Cl)ccc1Cl)c2-c1ccc(F)cc1F. The van der Waals surface area contributed by atoms with Gasteiger partial charge in [0.1, 0.15) is 16.5 Å². The smallest absolute Gasteiger partial charge is 0.269 e. The molecule has 1 aliphatic rings. The third-order valence-electron chi connectivity index (χ3n) is 5.13. The molecule has 0 bridgehead atoms. The predicted molar refractivity (Wildman–Crippen MR) is 109 cm³/mol. The molecule has 0 saturated carbocycles. The zero-order valence-electron chi connectivity index (χ0n) is 15.2. The Hall–Kier alpha value is -1.93. The second kappa shape index (κ2) is 7.40. The molecule has 3 aromatic rings. The fourth-order valence-corrected chi connectivity index (χ4v) is 5.93. The van der Waals surface area contributed by atoms with E-state index in [2.05, 4.69) is 5.32 Å². The van der Waals surface area contributed by atoms with Crippen molar-refractivity contribution in [2.24, 2.45) is 0 Å². The maximum atomic E-state index is 14.7. The van der Waals surface area contributed by atoms with E-state index in [1.54, 1.807) is 7.05 Å². The molecule has 1 N–H and O–H groups in total. The Labute approximate surface area is 177 Å². The Kier molecular flexibility index (Phi) is 5.19. The van der Waals surface area contributed by atoms with E-state index in [4.69, 9.17) is 23.2 Å². The third kappa shape index (κ3) is 3.36. The quantitative estimate of drug-likeness (QED) is 0.587. The van der Waals surface area contributed by atoms with Gasteiger partial charge in [-0.3, -0.25) is 0 Å². The highest BCUT2D eigenvalue weighted by Crippen LogP contribution is 2.42. The van der Waals surface area contributed by atoms with Crippen LogP contribution in [0.1, 0.15) is 23.6 Å². The second-order valence-electron chi connectivity index (χ2n) is 6.79. The molecule has 1 heterocycles. The molecule has 1 unspecified atom stereocenters. The number of benzene rings is 2. The van der Waals surface area contributed by atoms with Gasteiger partial charge in [-0.1, -0.05) is 23.2 Å². The number of nitrogens with one attached hydrogen (secondary N) is 1. The van der Waals surface area contributed by atoms with Crippen molar-refractivity contribution in [3.05, 3.63) is 75.4 Å². The van der Waals surface area contributed by atoms with E-state index in [1.165, 1.54) is 30.5 Å². The van der Waals surface area contributed by atoms with E-state index < -0.39 is 21.7 Å². The summed E-state index contributed by atoms with van der Waals surface area (Å²) in [5.41, 5.74) is 1.64. The van der Waals surface area contributed by atoms with Crippen LogP contribution in [-0.4, -0.2) is 19.4 Å². The summed E-state index contributed by atoms with van der Waals surface area (Å²) in [5, 5.41) is 3.34. The molecule has 0 aliphatic heterocycles. The number of halogens is 4. The minimum Gasteiger partial charge on any atom is -0.313 e. The summed E-state index contributed by atoms with van der Waals surface area (Å²) in [5.74, 6) is -1.58. The third-order valence-corrected chi connectivity index (χ3v) is 7.51. The van der Waals surface area contributed by atoms with Crippen LogP contribution in [0.15, 0.2) is 47.5 Å². The highest BCUT2D eigenvalue weighted by atomic mass is 35.5. The Morgan fingerprint density at radius 1 is 1.14 bits per heavy atom. The van der Waals surface area contributed by atoms with Crippen LogP contribution in [0, 0.1) is 11.6 Å². The molecule has 0 fully saturated rings. The topological polar surface area (TPSA) is 51.1 Å². The fourth-order valence-electron chi connectivity index (χ4n) is 3.78. The van der Waals surface area contributed by atoms with Crippen molar-refractivity contribution in [3.63, 3.8) is 0 Å². The van der Waals surface area contributed by atoms with E-state index >= 15 is 0 Å². The normalized spacial score (nSPS) is 16.2. The Bertz CT molecular complexity index is 1230. The van der Waals surface area contributed by atoms with Gasteiger partial charge < -0.3 is 5.32 Å². The predicted octanol–water partition coefficient (Wildman–Crippen LogP) is 5.18. The van der Waals surface area contributed by atoms with Crippen LogP contribution in [0.3, 0.4) is 0 Å². The molecule has 1 aliphatic carbocycles. The van der Waals surface area contributed by atoms with Gasteiger partial charge in [-0.2, -0.15) is 0 Å². The number of fused-ring (bicyclic) bond motifs is 1. The molecule has 0 amide bonds. The summed E-state index contributed by atoms with van der Waals surface area (Å²) in [6.07, 6.45) is 2.78. The van der Waals surface area contributed by atoms with Gasteiger partial charge in [0.25, 0.3) is 10.0 Å². The van der Waals surface area contributed by atoms with E-state index in [0.717, 1.165) is 28.1 Å². The molecule has 1 aromatic heterocycles. The molecule has 1 atom stereocenters. The van der Waals surface area contributed by atoms with E-state index in [1.807, 2.05) is 0 Å². The lowest BCUT2D eigenvalue weighted by Crippen LogP contribution is -2.16. The van der Waals surface area contributed by atoms with Crippen LogP contribution in [0.5, 0.6) is 0 Å². The lowest BCUT2D eigenvalue weighted by molar-refractivity contribution is 0.577. The first-order valence-electron chi connectivity index (χ1n) is 8.81. The van der Waals surface area contributed by atoms with Crippen molar-refractivity contribution in [1.29, 1.82) is 0 Å². The Morgan fingerprint density at radius 3 is 2.59 bits per heavy atom. The summed E-state index contributed by atoms with van der Waals surface area (Å²) in [6.45, 7) is 0.